The van der Waals surface area contributed by atoms with E-state index in [9.17, 15) is 9.59 Å². The molecule has 0 radical (unpaired) electrons. The van der Waals surface area contributed by atoms with Crippen LogP contribution in [0.4, 0.5) is 0 Å². The van der Waals surface area contributed by atoms with Crippen LogP contribution in [0.15, 0.2) is 29.4 Å². The van der Waals surface area contributed by atoms with Crippen LogP contribution in [0.1, 0.15) is 36.8 Å². The molecule has 138 valence electrons. The maximum absolute atomic E-state index is 13.1. The zero-order valence-corrected chi connectivity index (χ0v) is 14.9. The van der Waals surface area contributed by atoms with Gasteiger partial charge in [0.2, 0.25) is 11.8 Å². The van der Waals surface area contributed by atoms with Gasteiger partial charge in [-0.2, -0.15) is 0 Å². The molecule has 2 heterocycles. The Morgan fingerprint density at radius 1 is 1.00 bits per heavy atom. The summed E-state index contributed by atoms with van der Waals surface area (Å²) in [6.07, 6.45) is 6.29. The van der Waals surface area contributed by atoms with E-state index in [-0.39, 0.29) is 29.8 Å². The Bertz CT molecular complexity index is 708. The minimum atomic E-state index is -0.362. The van der Waals surface area contributed by atoms with Crippen molar-refractivity contribution in [1.29, 1.82) is 0 Å². The Kier molecular flexibility index (Phi) is 4.66. The molecule has 0 bridgehead atoms. The van der Waals surface area contributed by atoms with Gasteiger partial charge in [0.25, 0.3) is 0 Å². The summed E-state index contributed by atoms with van der Waals surface area (Å²) in [6, 6.07) is 7.71. The fraction of sp³-hybridized carbons (Fsp3) is 0.550. The first kappa shape index (κ1) is 17.1. The quantitative estimate of drug-likeness (QED) is 0.511. The van der Waals surface area contributed by atoms with Crippen molar-refractivity contribution in [2.45, 2.75) is 50.6 Å². The molecule has 6 nitrogen and oxygen atoms in total. The monoisotopic (exact) mass is 355 g/mol. The Labute approximate surface area is 153 Å². The van der Waals surface area contributed by atoms with E-state index >= 15 is 0 Å². The third kappa shape index (κ3) is 2.97. The zero-order valence-electron chi connectivity index (χ0n) is 14.9. The predicted octanol–water partition coefficient (Wildman–Crippen LogP) is 1.84. The lowest BCUT2D eigenvalue weighted by Crippen LogP contribution is -2.51. The standard InChI is InChI=1S/C20H25N3O3/c24-19(16-11-14-5-1-2-6-15(14)12-16)23-10-4-8-18(23)20(25)22-9-3-7-17(22)13-21-26/h1-2,5-6,13,16-18,26H,3-4,7-12H2/t17-,18+/m0/s1. The van der Waals surface area contributed by atoms with Gasteiger partial charge in [0.1, 0.15) is 6.04 Å². The number of likely N-dealkylation sites (tertiary alicyclic amines) is 2. The van der Waals surface area contributed by atoms with Crippen LogP contribution in [0, 0.1) is 5.92 Å². The molecule has 1 aromatic rings. The van der Waals surface area contributed by atoms with Crippen LogP contribution in [-0.4, -0.2) is 58.2 Å². The zero-order chi connectivity index (χ0) is 18.1. The van der Waals surface area contributed by atoms with Crippen molar-refractivity contribution in [2.75, 3.05) is 13.1 Å². The lowest BCUT2D eigenvalue weighted by Gasteiger charge is -2.31. The van der Waals surface area contributed by atoms with Crippen molar-refractivity contribution in [2.24, 2.45) is 11.1 Å². The second-order valence-corrected chi connectivity index (χ2v) is 7.57. The molecule has 0 spiro atoms. The molecule has 2 saturated heterocycles. The average Bonchev–Trinajstić information content (AvgIpc) is 3.39. The summed E-state index contributed by atoms with van der Waals surface area (Å²) in [5, 5.41) is 11.9. The molecule has 2 aliphatic heterocycles. The average molecular weight is 355 g/mol. The molecular weight excluding hydrogens is 330 g/mol. The SMILES string of the molecule is O=C([C@H]1CCCN1C(=O)C1Cc2ccccc2C1)N1CCC[C@H]1C=NO. The smallest absolute Gasteiger partial charge is 0.245 e. The minimum Gasteiger partial charge on any atom is -0.411 e. The van der Waals surface area contributed by atoms with Gasteiger partial charge in [0, 0.05) is 19.0 Å². The highest BCUT2D eigenvalue weighted by molar-refractivity contribution is 5.91. The van der Waals surface area contributed by atoms with E-state index in [1.165, 1.54) is 17.3 Å². The molecule has 2 atom stereocenters. The second-order valence-electron chi connectivity index (χ2n) is 7.57. The maximum atomic E-state index is 13.1. The van der Waals surface area contributed by atoms with E-state index < -0.39 is 0 Å². The highest BCUT2D eigenvalue weighted by Crippen LogP contribution is 2.31. The van der Waals surface area contributed by atoms with Gasteiger partial charge in [0.05, 0.1) is 12.3 Å². The van der Waals surface area contributed by atoms with Gasteiger partial charge in [0.15, 0.2) is 0 Å². The van der Waals surface area contributed by atoms with Crippen molar-refractivity contribution < 1.29 is 14.8 Å². The van der Waals surface area contributed by atoms with E-state index in [4.69, 9.17) is 5.21 Å². The first-order valence-electron chi connectivity index (χ1n) is 9.54. The summed E-state index contributed by atoms with van der Waals surface area (Å²) < 4.78 is 0. The van der Waals surface area contributed by atoms with Gasteiger partial charge in [-0.3, -0.25) is 9.59 Å². The molecule has 1 aromatic carbocycles. The number of rotatable bonds is 3. The van der Waals surface area contributed by atoms with Crippen molar-refractivity contribution in [3.63, 3.8) is 0 Å². The number of hydrogen-bond acceptors (Lipinski definition) is 4. The summed E-state index contributed by atoms with van der Waals surface area (Å²) in [5.41, 5.74) is 2.51. The highest BCUT2D eigenvalue weighted by atomic mass is 16.4. The molecule has 0 unspecified atom stereocenters. The molecule has 2 fully saturated rings. The topological polar surface area (TPSA) is 73.2 Å². The van der Waals surface area contributed by atoms with E-state index in [0.29, 0.717) is 13.1 Å². The Morgan fingerprint density at radius 3 is 2.35 bits per heavy atom. The number of hydrogen-bond donors (Lipinski definition) is 1. The third-order valence-electron chi connectivity index (χ3n) is 6.04. The summed E-state index contributed by atoms with van der Waals surface area (Å²) in [4.78, 5) is 29.8. The Hall–Kier alpha value is -2.37. The number of fused-ring (bicyclic) bond motifs is 1. The van der Waals surface area contributed by atoms with Gasteiger partial charge in [-0.05, 0) is 49.7 Å². The molecule has 0 aromatic heterocycles. The summed E-state index contributed by atoms with van der Waals surface area (Å²) in [5.74, 6) is 0.0755. The normalized spacial score (nSPS) is 26.0. The van der Waals surface area contributed by atoms with Gasteiger partial charge in [-0.25, -0.2) is 0 Å². The molecule has 1 aliphatic carbocycles. The predicted molar refractivity (Wildman–Crippen MR) is 97.1 cm³/mol. The van der Waals surface area contributed by atoms with Crippen LogP contribution in [0.25, 0.3) is 0 Å². The molecule has 6 heteroatoms. The van der Waals surface area contributed by atoms with E-state index in [1.54, 1.807) is 4.90 Å². The van der Waals surface area contributed by atoms with Gasteiger partial charge in [-0.1, -0.05) is 29.4 Å². The molecular formula is C20H25N3O3. The number of oxime groups is 1. The van der Waals surface area contributed by atoms with Crippen molar-refractivity contribution in [3.8, 4) is 0 Å². The molecule has 1 N–H and O–H groups in total. The van der Waals surface area contributed by atoms with Crippen LogP contribution in [0.3, 0.4) is 0 Å². The van der Waals surface area contributed by atoms with Gasteiger partial charge >= 0.3 is 0 Å². The third-order valence-corrected chi connectivity index (χ3v) is 6.04. The van der Waals surface area contributed by atoms with Crippen LogP contribution in [-0.2, 0) is 22.4 Å². The van der Waals surface area contributed by atoms with Crippen molar-refractivity contribution >= 4 is 18.0 Å². The number of nitrogens with zero attached hydrogens (tertiary/aromatic N) is 3. The summed E-state index contributed by atoms with van der Waals surface area (Å²) in [6.45, 7) is 1.33. The molecule has 4 rings (SSSR count). The molecule has 26 heavy (non-hydrogen) atoms. The minimum absolute atomic E-state index is 0.00811. The Balaban J connectivity index is 1.47. The molecule has 2 amide bonds. The van der Waals surface area contributed by atoms with Crippen molar-refractivity contribution in [3.05, 3.63) is 35.4 Å². The largest absolute Gasteiger partial charge is 0.411 e. The first-order chi connectivity index (χ1) is 12.7. The summed E-state index contributed by atoms with van der Waals surface area (Å²) in [7, 11) is 0. The van der Waals surface area contributed by atoms with E-state index in [2.05, 4.69) is 17.3 Å². The number of benzene rings is 1. The maximum Gasteiger partial charge on any atom is 0.245 e. The first-order valence-corrected chi connectivity index (χ1v) is 9.54. The van der Waals surface area contributed by atoms with Gasteiger partial charge in [-0.15, -0.1) is 0 Å². The fourth-order valence-corrected chi connectivity index (χ4v) is 4.74. The van der Waals surface area contributed by atoms with Crippen LogP contribution in [0.5, 0.6) is 0 Å². The van der Waals surface area contributed by atoms with Crippen molar-refractivity contribution in [1.82, 2.24) is 9.80 Å². The summed E-state index contributed by atoms with van der Waals surface area (Å²) >= 11 is 0. The van der Waals surface area contributed by atoms with Crippen LogP contribution >= 0.6 is 0 Å². The van der Waals surface area contributed by atoms with E-state index in [0.717, 1.165) is 38.5 Å². The lowest BCUT2D eigenvalue weighted by molar-refractivity contribution is -0.145. The van der Waals surface area contributed by atoms with Crippen LogP contribution in [0.2, 0.25) is 0 Å². The molecule has 0 saturated carbocycles. The molecule has 3 aliphatic rings. The Morgan fingerprint density at radius 2 is 1.65 bits per heavy atom. The lowest BCUT2D eigenvalue weighted by atomic mass is 10.0. The second kappa shape index (κ2) is 7.09. The number of carbonyl (C=O) groups is 2. The number of amides is 2. The van der Waals surface area contributed by atoms with E-state index in [1.807, 2.05) is 17.0 Å². The fourth-order valence-electron chi connectivity index (χ4n) is 4.74. The van der Waals surface area contributed by atoms with Gasteiger partial charge < -0.3 is 15.0 Å². The highest BCUT2D eigenvalue weighted by Gasteiger charge is 2.42. The van der Waals surface area contributed by atoms with Crippen LogP contribution < -0.4 is 0 Å². The number of carbonyl (C=O) groups excluding carboxylic acids is 2.